The van der Waals surface area contributed by atoms with Gasteiger partial charge in [0.1, 0.15) is 23.2 Å². The lowest BCUT2D eigenvalue weighted by atomic mass is 9.98. The van der Waals surface area contributed by atoms with E-state index in [-0.39, 0.29) is 22.7 Å². The van der Waals surface area contributed by atoms with Gasteiger partial charge in [-0.2, -0.15) is 5.10 Å². The summed E-state index contributed by atoms with van der Waals surface area (Å²) in [5.74, 6) is -2.78. The third-order valence-corrected chi connectivity index (χ3v) is 7.60. The van der Waals surface area contributed by atoms with Gasteiger partial charge in [-0.05, 0) is 69.2 Å². The van der Waals surface area contributed by atoms with E-state index in [4.69, 9.17) is 16.3 Å². The number of benzene rings is 2. The maximum atomic E-state index is 14.7. The van der Waals surface area contributed by atoms with Gasteiger partial charge in [0, 0.05) is 17.4 Å². The second-order valence-corrected chi connectivity index (χ2v) is 12.5. The molecular weight excluding hydrogens is 579 g/mol. The number of para-hydroxylation sites is 1. The molecule has 0 saturated heterocycles. The first-order chi connectivity index (χ1) is 19.8. The van der Waals surface area contributed by atoms with E-state index in [0.717, 1.165) is 17.8 Å². The molecule has 2 amide bonds. The molecular formula is C31H32ClFN4O4S. The van der Waals surface area contributed by atoms with E-state index in [2.05, 4.69) is 15.7 Å². The Bertz CT molecular complexity index is 1600. The summed E-state index contributed by atoms with van der Waals surface area (Å²) in [5.41, 5.74) is 0.625. The van der Waals surface area contributed by atoms with Crippen LogP contribution in [0, 0.1) is 11.7 Å². The largest absolute Gasteiger partial charge is 0.458 e. The van der Waals surface area contributed by atoms with E-state index in [1.807, 2.05) is 44.2 Å². The van der Waals surface area contributed by atoms with E-state index in [9.17, 15) is 18.8 Å². The maximum absolute atomic E-state index is 14.7. The fourth-order valence-electron chi connectivity index (χ4n) is 4.13. The zero-order valence-electron chi connectivity index (χ0n) is 23.9. The molecule has 2 heterocycles. The van der Waals surface area contributed by atoms with Crippen LogP contribution in [0.1, 0.15) is 61.8 Å². The lowest BCUT2D eigenvalue weighted by molar-refractivity contribution is -0.158. The SMILES string of the molecule is CC[C@H](C)[C@H](NC(=O)c1cc(F)cc(NC(=O)c2cn(-c3ccccc3)nc2-c2ccc(Cl)s2)c1)C(=O)OC(C)(C)C. The van der Waals surface area contributed by atoms with Gasteiger partial charge in [0.05, 0.1) is 20.5 Å². The topological polar surface area (TPSA) is 102 Å². The first kappa shape index (κ1) is 30.9. The van der Waals surface area contributed by atoms with Gasteiger partial charge >= 0.3 is 5.97 Å². The number of esters is 1. The van der Waals surface area contributed by atoms with Crippen LogP contribution in [0.3, 0.4) is 0 Å². The summed E-state index contributed by atoms with van der Waals surface area (Å²) >= 11 is 7.42. The highest BCUT2D eigenvalue weighted by Gasteiger charge is 2.31. The number of anilines is 1. The second-order valence-electron chi connectivity index (χ2n) is 10.8. The van der Waals surface area contributed by atoms with Crippen LogP contribution in [0.4, 0.5) is 10.1 Å². The molecule has 220 valence electrons. The van der Waals surface area contributed by atoms with E-state index in [0.29, 0.717) is 21.3 Å². The van der Waals surface area contributed by atoms with Crippen molar-refractivity contribution in [2.75, 3.05) is 5.32 Å². The number of carbonyl (C=O) groups is 3. The Morgan fingerprint density at radius 1 is 1.07 bits per heavy atom. The van der Waals surface area contributed by atoms with Crippen molar-refractivity contribution < 1.29 is 23.5 Å². The van der Waals surface area contributed by atoms with E-state index in [1.54, 1.807) is 43.8 Å². The fraction of sp³-hybridized carbons (Fsp3) is 0.290. The Kier molecular flexibility index (Phi) is 9.48. The Hall–Kier alpha value is -4.02. The van der Waals surface area contributed by atoms with Crippen molar-refractivity contribution in [2.24, 2.45) is 5.92 Å². The Balaban J connectivity index is 1.61. The first-order valence-electron chi connectivity index (χ1n) is 13.4. The molecule has 0 spiro atoms. The molecule has 0 aliphatic rings. The van der Waals surface area contributed by atoms with Crippen molar-refractivity contribution in [1.29, 1.82) is 0 Å². The summed E-state index contributed by atoms with van der Waals surface area (Å²) in [4.78, 5) is 40.2. The predicted octanol–water partition coefficient (Wildman–Crippen LogP) is 7.13. The summed E-state index contributed by atoms with van der Waals surface area (Å²) in [7, 11) is 0. The third-order valence-electron chi connectivity index (χ3n) is 6.36. The lowest BCUT2D eigenvalue weighted by Gasteiger charge is -2.27. The average Bonchev–Trinajstić information content (AvgIpc) is 3.57. The van der Waals surface area contributed by atoms with Gasteiger partial charge < -0.3 is 15.4 Å². The minimum absolute atomic E-state index is 0.0603. The van der Waals surface area contributed by atoms with Crippen molar-refractivity contribution in [3.05, 3.63) is 88.1 Å². The van der Waals surface area contributed by atoms with Gasteiger partial charge in [-0.3, -0.25) is 9.59 Å². The van der Waals surface area contributed by atoms with Crippen molar-refractivity contribution in [1.82, 2.24) is 15.1 Å². The number of halogens is 2. The van der Waals surface area contributed by atoms with Crippen LogP contribution in [0.15, 0.2) is 66.9 Å². The van der Waals surface area contributed by atoms with Crippen molar-refractivity contribution in [3.63, 3.8) is 0 Å². The average molecular weight is 611 g/mol. The molecule has 0 bridgehead atoms. The van der Waals surface area contributed by atoms with Gasteiger partial charge in [0.2, 0.25) is 0 Å². The molecule has 0 aliphatic carbocycles. The Morgan fingerprint density at radius 3 is 2.40 bits per heavy atom. The van der Waals surface area contributed by atoms with Gasteiger partial charge in [-0.15, -0.1) is 11.3 Å². The predicted molar refractivity (Wildman–Crippen MR) is 163 cm³/mol. The molecule has 0 unspecified atom stereocenters. The van der Waals surface area contributed by atoms with Gasteiger partial charge in [-0.1, -0.05) is 50.1 Å². The quantitative estimate of drug-likeness (QED) is 0.196. The normalized spacial score (nSPS) is 12.8. The van der Waals surface area contributed by atoms with Crippen molar-refractivity contribution in [2.45, 2.75) is 52.7 Å². The molecule has 0 saturated carbocycles. The monoisotopic (exact) mass is 610 g/mol. The van der Waals surface area contributed by atoms with E-state index >= 15 is 0 Å². The minimum atomic E-state index is -0.938. The van der Waals surface area contributed by atoms with Crippen LogP contribution in [0.25, 0.3) is 16.3 Å². The number of nitrogens with zero attached hydrogens (tertiary/aromatic N) is 2. The van der Waals surface area contributed by atoms with Crippen LogP contribution in [0.2, 0.25) is 4.34 Å². The Morgan fingerprint density at radius 2 is 1.79 bits per heavy atom. The highest BCUT2D eigenvalue weighted by atomic mass is 35.5. The van der Waals surface area contributed by atoms with Crippen LogP contribution in [-0.2, 0) is 9.53 Å². The second kappa shape index (κ2) is 12.9. The van der Waals surface area contributed by atoms with Crippen LogP contribution in [0.5, 0.6) is 0 Å². The smallest absolute Gasteiger partial charge is 0.329 e. The molecule has 2 aromatic heterocycles. The molecule has 2 N–H and O–H groups in total. The molecule has 2 aromatic carbocycles. The number of carbonyl (C=O) groups excluding carboxylic acids is 3. The zero-order chi connectivity index (χ0) is 30.6. The number of rotatable bonds is 9. The summed E-state index contributed by atoms with van der Waals surface area (Å²) < 4.78 is 22.3. The van der Waals surface area contributed by atoms with E-state index < -0.39 is 35.2 Å². The number of amides is 2. The summed E-state index contributed by atoms with van der Waals surface area (Å²) in [6, 6.07) is 15.3. The number of hydrogen-bond acceptors (Lipinski definition) is 6. The number of hydrogen-bond donors (Lipinski definition) is 2. The standard InChI is InChI=1S/C31H32ClFN4O4S/c1-6-18(2)26(30(40)41-31(3,4)5)35-28(38)19-14-20(33)16-21(15-19)34-29(39)23-17-37(22-10-8-7-9-11-22)36-27(23)24-12-13-25(32)42-24/h7-18,26H,6H2,1-5H3,(H,34,39)(H,35,38)/t18-,26-/m0/s1. The molecule has 8 nitrogen and oxygen atoms in total. The van der Waals surface area contributed by atoms with Crippen molar-refractivity contribution >= 4 is 46.4 Å². The van der Waals surface area contributed by atoms with Gasteiger partial charge in [0.25, 0.3) is 11.8 Å². The molecule has 11 heteroatoms. The highest BCUT2D eigenvalue weighted by Crippen LogP contribution is 2.33. The van der Waals surface area contributed by atoms with Crippen molar-refractivity contribution in [3.8, 4) is 16.3 Å². The Labute approximate surface area is 252 Å². The number of aromatic nitrogens is 2. The molecule has 2 atom stereocenters. The minimum Gasteiger partial charge on any atom is -0.458 e. The molecule has 0 radical (unpaired) electrons. The molecule has 0 fully saturated rings. The first-order valence-corrected chi connectivity index (χ1v) is 14.6. The zero-order valence-corrected chi connectivity index (χ0v) is 25.5. The lowest BCUT2D eigenvalue weighted by Crippen LogP contribution is -2.47. The number of ether oxygens (including phenoxy) is 1. The van der Waals surface area contributed by atoms with Crippen LogP contribution in [-0.4, -0.2) is 39.2 Å². The van der Waals surface area contributed by atoms with Crippen LogP contribution < -0.4 is 10.6 Å². The summed E-state index contributed by atoms with van der Waals surface area (Å²) in [5, 5.41) is 9.98. The summed E-state index contributed by atoms with van der Waals surface area (Å²) in [6.07, 6.45) is 2.18. The fourth-order valence-corrected chi connectivity index (χ4v) is 5.17. The molecule has 4 aromatic rings. The number of thiophene rings is 1. The molecule has 0 aliphatic heterocycles. The van der Waals surface area contributed by atoms with Gasteiger partial charge in [-0.25, -0.2) is 13.9 Å². The third kappa shape index (κ3) is 7.63. The van der Waals surface area contributed by atoms with Crippen LogP contribution >= 0.6 is 22.9 Å². The summed E-state index contributed by atoms with van der Waals surface area (Å²) in [6.45, 7) is 8.93. The van der Waals surface area contributed by atoms with E-state index in [1.165, 1.54) is 17.4 Å². The maximum Gasteiger partial charge on any atom is 0.329 e. The number of nitrogens with one attached hydrogen (secondary N) is 2. The van der Waals surface area contributed by atoms with Gasteiger partial charge in [0.15, 0.2) is 0 Å². The molecule has 42 heavy (non-hydrogen) atoms. The highest BCUT2D eigenvalue weighted by molar-refractivity contribution is 7.19. The molecule has 4 rings (SSSR count).